The molecule has 0 aliphatic carbocycles. The van der Waals surface area contributed by atoms with Gasteiger partial charge in [-0.2, -0.15) is 0 Å². The number of carbonyl (C=O) groups excluding carboxylic acids is 1. The number of benzene rings is 1. The van der Waals surface area contributed by atoms with Crippen LogP contribution >= 0.6 is 0 Å². The molecule has 1 aromatic carbocycles. The smallest absolute Gasteiger partial charge is 0.321 e. The van der Waals surface area contributed by atoms with Gasteiger partial charge >= 0.3 is 6.03 Å². The zero-order chi connectivity index (χ0) is 19.2. The minimum Gasteiger partial charge on any atom is -0.379 e. The van der Waals surface area contributed by atoms with E-state index in [-0.39, 0.29) is 6.03 Å². The van der Waals surface area contributed by atoms with Gasteiger partial charge < -0.3 is 19.9 Å². The third-order valence-corrected chi connectivity index (χ3v) is 5.33. The molecule has 4 rings (SSSR count). The fraction of sp³-hybridized carbons (Fsp3) is 0.429. The first kappa shape index (κ1) is 18.7. The predicted octanol–water partition coefficient (Wildman–Crippen LogP) is 2.27. The van der Waals surface area contributed by atoms with E-state index in [1.807, 2.05) is 35.4 Å². The van der Waals surface area contributed by atoms with Crippen LogP contribution in [0.4, 0.5) is 16.2 Å². The number of aromatic nitrogens is 1. The molecular weight excluding hydrogens is 354 g/mol. The summed E-state index contributed by atoms with van der Waals surface area (Å²) in [5.74, 6) is 0. The van der Waals surface area contributed by atoms with Crippen molar-refractivity contribution in [3.8, 4) is 0 Å². The third kappa shape index (κ3) is 4.61. The molecule has 0 spiro atoms. The van der Waals surface area contributed by atoms with E-state index in [2.05, 4.69) is 32.2 Å². The average molecular weight is 381 g/mol. The molecule has 0 atom stereocenters. The van der Waals surface area contributed by atoms with E-state index < -0.39 is 0 Å². The highest BCUT2D eigenvalue weighted by molar-refractivity contribution is 5.90. The highest BCUT2D eigenvalue weighted by Gasteiger charge is 2.22. The van der Waals surface area contributed by atoms with Crippen molar-refractivity contribution in [1.29, 1.82) is 0 Å². The monoisotopic (exact) mass is 381 g/mol. The SMILES string of the molecule is O=C(Nc1ccccc1CN1CCOCC1)N1CCN(c2cccnc2)CC1. The van der Waals surface area contributed by atoms with Crippen molar-refractivity contribution in [3.63, 3.8) is 0 Å². The zero-order valence-electron chi connectivity index (χ0n) is 16.1. The Kier molecular flexibility index (Phi) is 6.04. The van der Waals surface area contributed by atoms with E-state index >= 15 is 0 Å². The van der Waals surface area contributed by atoms with Crippen molar-refractivity contribution in [2.45, 2.75) is 6.54 Å². The number of rotatable bonds is 4. The van der Waals surface area contributed by atoms with Crippen molar-refractivity contribution in [2.75, 3.05) is 62.7 Å². The van der Waals surface area contributed by atoms with Gasteiger partial charge in [0.2, 0.25) is 0 Å². The predicted molar refractivity (Wildman–Crippen MR) is 110 cm³/mol. The van der Waals surface area contributed by atoms with Crippen molar-refractivity contribution in [2.24, 2.45) is 0 Å². The quantitative estimate of drug-likeness (QED) is 0.880. The normalized spacial score (nSPS) is 18.1. The van der Waals surface area contributed by atoms with Crippen LogP contribution in [0.1, 0.15) is 5.56 Å². The second-order valence-corrected chi connectivity index (χ2v) is 7.16. The lowest BCUT2D eigenvalue weighted by Crippen LogP contribution is -2.50. The summed E-state index contributed by atoms with van der Waals surface area (Å²) in [6, 6.07) is 12.0. The number of anilines is 2. The van der Waals surface area contributed by atoms with Gasteiger partial charge in [-0.15, -0.1) is 0 Å². The molecule has 1 N–H and O–H groups in total. The highest BCUT2D eigenvalue weighted by atomic mass is 16.5. The minimum absolute atomic E-state index is 0.0275. The average Bonchev–Trinajstić information content (AvgIpc) is 2.76. The number of pyridine rings is 1. The first-order valence-electron chi connectivity index (χ1n) is 9.88. The van der Waals surface area contributed by atoms with Crippen LogP contribution in [-0.2, 0) is 11.3 Å². The van der Waals surface area contributed by atoms with Crippen LogP contribution in [0, 0.1) is 0 Å². The Morgan fingerprint density at radius 2 is 1.79 bits per heavy atom. The fourth-order valence-corrected chi connectivity index (χ4v) is 3.68. The number of morpholine rings is 1. The summed E-state index contributed by atoms with van der Waals surface area (Å²) >= 11 is 0. The summed E-state index contributed by atoms with van der Waals surface area (Å²) in [4.78, 5) is 23.5. The molecule has 0 radical (unpaired) electrons. The molecule has 2 fully saturated rings. The maximum absolute atomic E-state index is 12.8. The van der Waals surface area contributed by atoms with E-state index in [1.54, 1.807) is 6.20 Å². The maximum Gasteiger partial charge on any atom is 0.321 e. The van der Waals surface area contributed by atoms with E-state index in [0.29, 0.717) is 13.1 Å². The highest BCUT2D eigenvalue weighted by Crippen LogP contribution is 2.20. The summed E-state index contributed by atoms with van der Waals surface area (Å²) in [7, 11) is 0. The largest absolute Gasteiger partial charge is 0.379 e. The Labute approximate surface area is 165 Å². The number of ether oxygens (including phenoxy) is 1. The van der Waals surface area contributed by atoms with Crippen LogP contribution < -0.4 is 10.2 Å². The van der Waals surface area contributed by atoms with E-state index in [4.69, 9.17) is 4.74 Å². The second kappa shape index (κ2) is 9.03. The van der Waals surface area contributed by atoms with Gasteiger partial charge in [-0.1, -0.05) is 18.2 Å². The van der Waals surface area contributed by atoms with E-state index in [1.165, 1.54) is 0 Å². The summed E-state index contributed by atoms with van der Waals surface area (Å²) < 4.78 is 5.43. The number of nitrogens with zero attached hydrogens (tertiary/aromatic N) is 4. The molecule has 2 saturated heterocycles. The molecule has 3 heterocycles. The summed E-state index contributed by atoms with van der Waals surface area (Å²) in [6.07, 6.45) is 3.65. The molecule has 2 aliphatic heterocycles. The third-order valence-electron chi connectivity index (χ3n) is 5.33. The molecule has 0 saturated carbocycles. The maximum atomic E-state index is 12.8. The van der Waals surface area contributed by atoms with Crippen LogP contribution in [-0.4, -0.2) is 73.3 Å². The Hall–Kier alpha value is -2.64. The van der Waals surface area contributed by atoms with Crippen LogP contribution in [0.3, 0.4) is 0 Å². The molecule has 7 heteroatoms. The number of carbonyl (C=O) groups is 1. The molecule has 2 aromatic rings. The molecular formula is C21H27N5O2. The number of amides is 2. The van der Waals surface area contributed by atoms with Gasteiger partial charge in [0.15, 0.2) is 0 Å². The van der Waals surface area contributed by atoms with Crippen LogP contribution in [0.2, 0.25) is 0 Å². The fourth-order valence-electron chi connectivity index (χ4n) is 3.68. The molecule has 2 aliphatic rings. The Bertz CT molecular complexity index is 771. The first-order valence-corrected chi connectivity index (χ1v) is 9.88. The van der Waals surface area contributed by atoms with Gasteiger partial charge in [0.05, 0.1) is 25.1 Å². The molecule has 148 valence electrons. The summed E-state index contributed by atoms with van der Waals surface area (Å²) in [5.41, 5.74) is 3.15. The van der Waals surface area contributed by atoms with Gasteiger partial charge in [-0.25, -0.2) is 4.79 Å². The lowest BCUT2D eigenvalue weighted by Gasteiger charge is -2.36. The van der Waals surface area contributed by atoms with Gasteiger partial charge in [-0.05, 0) is 23.8 Å². The number of hydrogen-bond acceptors (Lipinski definition) is 5. The molecule has 7 nitrogen and oxygen atoms in total. The van der Waals surface area contributed by atoms with Crippen LogP contribution in [0.5, 0.6) is 0 Å². The van der Waals surface area contributed by atoms with Gasteiger partial charge in [0, 0.05) is 57.7 Å². The van der Waals surface area contributed by atoms with Crippen molar-refractivity contribution in [1.82, 2.24) is 14.8 Å². The lowest BCUT2D eigenvalue weighted by atomic mass is 10.1. The van der Waals surface area contributed by atoms with Crippen molar-refractivity contribution < 1.29 is 9.53 Å². The standard InChI is InChI=1S/C21H27N5O2/c27-21(26-10-8-25(9-11-26)19-5-3-7-22-16-19)23-20-6-2-1-4-18(20)17-24-12-14-28-15-13-24/h1-7,16H,8-15,17H2,(H,23,27). The summed E-state index contributed by atoms with van der Waals surface area (Å²) in [6.45, 7) is 7.26. The van der Waals surface area contributed by atoms with Gasteiger partial charge in [0.25, 0.3) is 0 Å². The van der Waals surface area contributed by atoms with Gasteiger partial charge in [-0.3, -0.25) is 9.88 Å². The Morgan fingerprint density at radius 1 is 1.00 bits per heavy atom. The topological polar surface area (TPSA) is 60.9 Å². The van der Waals surface area contributed by atoms with Crippen LogP contribution in [0.15, 0.2) is 48.8 Å². The van der Waals surface area contributed by atoms with Crippen LogP contribution in [0.25, 0.3) is 0 Å². The Morgan fingerprint density at radius 3 is 2.54 bits per heavy atom. The second-order valence-electron chi connectivity index (χ2n) is 7.16. The summed E-state index contributed by atoms with van der Waals surface area (Å²) in [5, 5.41) is 3.12. The Balaban J connectivity index is 1.34. The number of urea groups is 1. The van der Waals surface area contributed by atoms with Crippen molar-refractivity contribution in [3.05, 3.63) is 54.4 Å². The lowest BCUT2D eigenvalue weighted by molar-refractivity contribution is 0.0342. The molecule has 0 unspecified atom stereocenters. The molecule has 2 amide bonds. The number of nitrogens with one attached hydrogen (secondary N) is 1. The minimum atomic E-state index is -0.0275. The van der Waals surface area contributed by atoms with Gasteiger partial charge in [0.1, 0.15) is 0 Å². The number of piperazine rings is 1. The molecule has 1 aromatic heterocycles. The first-order chi connectivity index (χ1) is 13.8. The van der Waals surface area contributed by atoms with Crippen molar-refractivity contribution >= 4 is 17.4 Å². The van der Waals surface area contributed by atoms with E-state index in [0.717, 1.165) is 62.9 Å². The number of hydrogen-bond donors (Lipinski definition) is 1. The molecule has 0 bridgehead atoms. The van der Waals surface area contributed by atoms with E-state index in [9.17, 15) is 4.79 Å². The zero-order valence-corrected chi connectivity index (χ0v) is 16.1. The number of para-hydroxylation sites is 1. The molecule has 28 heavy (non-hydrogen) atoms.